The van der Waals surface area contributed by atoms with Gasteiger partial charge in [0.15, 0.2) is 0 Å². The Morgan fingerprint density at radius 1 is 0.810 bits per heavy atom. The Balaban J connectivity index is -0.0000000576. The Morgan fingerprint density at radius 2 is 1.05 bits per heavy atom. The molecule has 0 rings (SSSR count). The van der Waals surface area contributed by atoms with Gasteiger partial charge in [-0.3, -0.25) is 0 Å². The summed E-state index contributed by atoms with van der Waals surface area (Å²) in [6, 6.07) is 0. The van der Waals surface area contributed by atoms with E-state index < -0.39 is 0 Å². The summed E-state index contributed by atoms with van der Waals surface area (Å²) in [5, 5.41) is 41.8. The molecule has 0 atom stereocenters. The topological polar surface area (TPSA) is 221 Å². The Bertz CT molecular complexity index is 137. The van der Waals surface area contributed by atoms with E-state index in [1.165, 1.54) is 0 Å². The summed E-state index contributed by atoms with van der Waals surface area (Å²) in [5.41, 5.74) is 13.2. The van der Waals surface area contributed by atoms with E-state index in [-0.39, 0.29) is 30.0 Å². The number of aliphatic hydroxyl groups excluding tert-OH is 2. The number of hydrogen-bond acceptors (Lipinski definition) is 8. The van der Waals surface area contributed by atoms with Crippen molar-refractivity contribution in [2.24, 2.45) is 10.7 Å². The Labute approximate surface area is 133 Å². The molecule has 4 N–H and O–H groups in total. The summed E-state index contributed by atoms with van der Waals surface area (Å²) in [4.78, 5) is 16.0. The van der Waals surface area contributed by atoms with Gasteiger partial charge in [0.25, 0.3) is 0 Å². The van der Waals surface area contributed by atoms with Gasteiger partial charge in [-0.2, -0.15) is 26.2 Å². The van der Waals surface area contributed by atoms with Crippen molar-refractivity contribution in [2.45, 2.75) is 0 Å². The Kier molecular flexibility index (Phi) is 77.8. The number of rotatable bonds is 8. The van der Waals surface area contributed by atoms with Gasteiger partial charge < -0.3 is 52.5 Å². The van der Waals surface area contributed by atoms with Crippen LogP contribution >= 0.6 is 0 Å². The third-order valence-corrected chi connectivity index (χ3v) is 1.06. The van der Waals surface area contributed by atoms with Crippen molar-refractivity contribution in [3.05, 3.63) is 42.3 Å². The fourth-order valence-corrected chi connectivity index (χ4v) is 0.523. The van der Waals surface area contributed by atoms with Gasteiger partial charge in [-0.1, -0.05) is 0 Å². The van der Waals surface area contributed by atoms with Crippen LogP contribution in [0.3, 0.4) is 0 Å². The van der Waals surface area contributed by atoms with Crippen LogP contribution in [0.15, 0.2) is 10.7 Å². The molecule has 133 valence electrons. The summed E-state index contributed by atoms with van der Waals surface area (Å²) in [7, 11) is 0. The van der Waals surface area contributed by atoms with Gasteiger partial charge in [0.2, 0.25) is 0 Å². The summed E-state index contributed by atoms with van der Waals surface area (Å²) in [6.07, 6.45) is 0. The van der Waals surface area contributed by atoms with Crippen molar-refractivity contribution < 1.29 is 27.0 Å². The minimum atomic E-state index is 0. The van der Waals surface area contributed by atoms with Gasteiger partial charge in [0.05, 0.1) is 0 Å². The predicted molar refractivity (Wildman–Crippen MR) is 77.1 cm³/mol. The first-order valence-electron chi connectivity index (χ1n) is 5.33. The minimum absolute atomic E-state index is 0. The van der Waals surface area contributed by atoms with Gasteiger partial charge >= 0.3 is 0 Å². The van der Waals surface area contributed by atoms with E-state index in [9.17, 15) is 0 Å². The van der Waals surface area contributed by atoms with Gasteiger partial charge in [-0.25, -0.2) is 0 Å². The fourth-order valence-electron chi connectivity index (χ4n) is 0.523. The van der Waals surface area contributed by atoms with Crippen molar-refractivity contribution in [2.75, 3.05) is 52.5 Å². The standard InChI is InChI=1S/2C4H10N2O.Co.2HNO2/c2*5-1-2-6-3-4-7;;2*2-1-3/h2*5,7H,1-4H2;;2*(H,2,3)/q2*-2;;;/p-2. The summed E-state index contributed by atoms with van der Waals surface area (Å²) < 4.78 is 0. The first kappa shape index (κ1) is 32.1. The zero-order valence-corrected chi connectivity index (χ0v) is 12.3. The molecule has 0 aliphatic rings. The van der Waals surface area contributed by atoms with Crippen LogP contribution in [0.25, 0.3) is 22.1 Å². The Morgan fingerprint density at radius 3 is 1.19 bits per heavy atom. The number of nitrogens with one attached hydrogen (secondary N) is 2. The van der Waals surface area contributed by atoms with E-state index >= 15 is 0 Å². The van der Waals surface area contributed by atoms with Crippen LogP contribution in [-0.2, 0) is 16.8 Å². The second-order valence-corrected chi connectivity index (χ2v) is 2.44. The third-order valence-electron chi connectivity index (χ3n) is 1.06. The summed E-state index contributed by atoms with van der Waals surface area (Å²) in [6.45, 7) is 2.97. The molecule has 0 aromatic rings. The second-order valence-electron chi connectivity index (χ2n) is 2.44. The van der Waals surface area contributed by atoms with Crippen LogP contribution < -0.4 is 0 Å². The van der Waals surface area contributed by atoms with E-state index in [1.807, 2.05) is 0 Å². The van der Waals surface area contributed by atoms with Crippen molar-refractivity contribution in [1.29, 1.82) is 0 Å². The molecule has 0 saturated heterocycles. The number of aliphatic hydroxyl groups is 2. The van der Waals surface area contributed by atoms with Crippen LogP contribution in [0.4, 0.5) is 0 Å². The minimum Gasteiger partial charge on any atom is -0.679 e. The third kappa shape index (κ3) is 111. The van der Waals surface area contributed by atoms with Crippen LogP contribution in [0.5, 0.6) is 0 Å². The molecule has 0 aliphatic carbocycles. The monoisotopic (exact) mass is 355 g/mol. The molecule has 12 nitrogen and oxygen atoms in total. The average Bonchev–Trinajstić information content (AvgIpc) is 2.43. The molecular formula is C8H20CoN6O6-6. The van der Waals surface area contributed by atoms with E-state index in [0.717, 1.165) is 10.7 Å². The zero-order chi connectivity index (χ0) is 16.5. The van der Waals surface area contributed by atoms with Gasteiger partial charge in [-0.05, 0) is 0 Å². The van der Waals surface area contributed by atoms with Gasteiger partial charge in [0.1, 0.15) is 0 Å². The maximum atomic E-state index is 8.14. The fraction of sp³-hybridized carbons (Fsp3) is 1.00. The van der Waals surface area contributed by atoms with Crippen molar-refractivity contribution in [1.82, 2.24) is 0 Å². The maximum Gasteiger partial charge on any atom is 0.0243 e. The molecule has 0 spiro atoms. The molecule has 13 heteroatoms. The normalized spacial score (nSPS) is 7.43. The van der Waals surface area contributed by atoms with E-state index in [1.54, 1.807) is 0 Å². The number of nitrogens with zero attached hydrogens (tertiary/aromatic N) is 4. The van der Waals surface area contributed by atoms with Crippen LogP contribution in [0.2, 0.25) is 0 Å². The first-order chi connectivity index (χ1) is 9.66. The predicted octanol–water partition coefficient (Wildman–Crippen LogP) is 1.31. The van der Waals surface area contributed by atoms with Crippen LogP contribution in [-0.4, -0.2) is 62.7 Å². The molecule has 1 radical (unpaired) electrons. The first-order valence-corrected chi connectivity index (χ1v) is 5.33. The van der Waals surface area contributed by atoms with E-state index in [0.29, 0.717) is 39.3 Å². The molecule has 21 heavy (non-hydrogen) atoms. The molecule has 0 aromatic carbocycles. The molecule has 0 amide bonds. The molecule has 0 heterocycles. The van der Waals surface area contributed by atoms with Gasteiger partial charge in [-0.15, -0.1) is 23.8 Å². The summed E-state index contributed by atoms with van der Waals surface area (Å²) in [5.74, 6) is 0. The number of hydrogen-bond donors (Lipinski definition) is 2. The van der Waals surface area contributed by atoms with Crippen molar-refractivity contribution >= 4 is 0 Å². The molecule has 0 bridgehead atoms. The summed E-state index contributed by atoms with van der Waals surface area (Å²) >= 11 is 0. The average molecular weight is 355 g/mol. The van der Waals surface area contributed by atoms with Crippen LogP contribution in [0, 0.1) is 20.2 Å². The molecule has 0 aromatic heterocycles. The quantitative estimate of drug-likeness (QED) is 0.370. The van der Waals surface area contributed by atoms with Gasteiger partial charge in [0, 0.05) is 30.0 Å². The van der Waals surface area contributed by atoms with Crippen molar-refractivity contribution in [3.8, 4) is 0 Å². The zero-order valence-electron chi connectivity index (χ0n) is 11.3. The molecule has 0 saturated carbocycles. The van der Waals surface area contributed by atoms with Crippen LogP contribution in [0.1, 0.15) is 0 Å². The smallest absolute Gasteiger partial charge is 0.0243 e. The van der Waals surface area contributed by atoms with Crippen molar-refractivity contribution in [3.63, 3.8) is 0 Å². The molecule has 0 fully saturated rings. The SMILES string of the molecule is O=N[O-].O=N[O-].[Co].[NH-]CC[N-]CCO.[NH-]CC[N-]CCO. The molecular weight excluding hydrogens is 335 g/mol. The maximum absolute atomic E-state index is 8.14. The van der Waals surface area contributed by atoms with E-state index in [2.05, 4.69) is 10.6 Å². The molecule has 0 unspecified atom stereocenters. The van der Waals surface area contributed by atoms with E-state index in [4.69, 9.17) is 41.9 Å². The second kappa shape index (κ2) is 50.8. The Hall–Kier alpha value is -0.934. The molecule has 0 aliphatic heterocycles. The largest absolute Gasteiger partial charge is 0.679 e.